The third-order valence-electron chi connectivity index (χ3n) is 4.21. The van der Waals surface area contributed by atoms with Gasteiger partial charge >= 0.3 is 11.9 Å². The van der Waals surface area contributed by atoms with Crippen LogP contribution in [0.1, 0.15) is 97.3 Å². The maximum absolute atomic E-state index is 11.4. The van der Waals surface area contributed by atoms with Crippen LogP contribution in [-0.2, 0) is 14.3 Å². The van der Waals surface area contributed by atoms with Crippen molar-refractivity contribution in [3.63, 3.8) is 0 Å². The van der Waals surface area contributed by atoms with Crippen molar-refractivity contribution in [2.24, 2.45) is 5.92 Å². The molecule has 0 saturated carbocycles. The Morgan fingerprint density at radius 2 is 1.35 bits per heavy atom. The minimum absolute atomic E-state index is 0.200. The topological polar surface area (TPSA) is 63.6 Å². The summed E-state index contributed by atoms with van der Waals surface area (Å²) in [5.74, 6) is -1.61. The van der Waals surface area contributed by atoms with Gasteiger partial charge in [0.15, 0.2) is 0 Å². The number of aliphatic carboxylic acids is 1. The largest absolute Gasteiger partial charge is 0.481 e. The van der Waals surface area contributed by atoms with Crippen molar-refractivity contribution in [3.8, 4) is 0 Å². The van der Waals surface area contributed by atoms with Crippen molar-refractivity contribution in [3.05, 3.63) is 0 Å². The number of carboxylic acids is 1. The summed E-state index contributed by atoms with van der Waals surface area (Å²) in [5, 5.41) is 8.73. The van der Waals surface area contributed by atoms with E-state index in [9.17, 15) is 9.59 Å². The molecule has 4 heteroatoms. The lowest BCUT2D eigenvalue weighted by molar-refractivity contribution is -0.145. The van der Waals surface area contributed by atoms with Crippen molar-refractivity contribution in [2.45, 2.75) is 97.3 Å². The van der Waals surface area contributed by atoms with E-state index in [1.54, 1.807) is 6.92 Å². The maximum atomic E-state index is 11.4. The van der Waals surface area contributed by atoms with E-state index in [4.69, 9.17) is 9.84 Å². The van der Waals surface area contributed by atoms with Gasteiger partial charge in [-0.15, -0.1) is 0 Å². The number of carboxylic acid groups (broad SMARTS) is 1. The summed E-state index contributed by atoms with van der Waals surface area (Å²) >= 11 is 0. The van der Waals surface area contributed by atoms with Gasteiger partial charge in [-0.1, -0.05) is 78.1 Å². The summed E-state index contributed by atoms with van der Waals surface area (Å²) in [6.45, 7) is 4.32. The van der Waals surface area contributed by atoms with Crippen LogP contribution in [0.25, 0.3) is 0 Å². The monoisotopic (exact) mass is 328 g/mol. The summed E-state index contributed by atoms with van der Waals surface area (Å²) in [6.07, 6.45) is 14.5. The highest BCUT2D eigenvalue weighted by atomic mass is 16.5. The number of unbranched alkanes of at least 4 members (excludes halogenated alkanes) is 10. The summed E-state index contributed by atoms with van der Waals surface area (Å²) in [4.78, 5) is 22.1. The number of esters is 1. The second-order valence-corrected chi connectivity index (χ2v) is 6.53. The molecule has 0 aromatic carbocycles. The van der Waals surface area contributed by atoms with Gasteiger partial charge in [-0.25, -0.2) is 0 Å². The summed E-state index contributed by atoms with van der Waals surface area (Å²) in [6, 6.07) is 0. The molecular formula is C19H36O4. The van der Waals surface area contributed by atoms with E-state index >= 15 is 0 Å². The van der Waals surface area contributed by atoms with E-state index in [0.29, 0.717) is 13.0 Å². The van der Waals surface area contributed by atoms with Crippen LogP contribution in [0.3, 0.4) is 0 Å². The zero-order chi connectivity index (χ0) is 17.3. The fourth-order valence-corrected chi connectivity index (χ4v) is 2.48. The minimum Gasteiger partial charge on any atom is -0.481 e. The molecule has 0 aliphatic carbocycles. The molecule has 0 aromatic heterocycles. The molecule has 0 fully saturated rings. The number of hydrogen-bond acceptors (Lipinski definition) is 3. The van der Waals surface area contributed by atoms with Gasteiger partial charge in [0.05, 0.1) is 12.5 Å². The highest BCUT2D eigenvalue weighted by Crippen LogP contribution is 2.11. The Balaban J connectivity index is 3.23. The van der Waals surface area contributed by atoms with Gasteiger partial charge in [0.2, 0.25) is 0 Å². The lowest BCUT2D eigenvalue weighted by atomic mass is 10.1. The molecular weight excluding hydrogens is 292 g/mol. The Labute approximate surface area is 142 Å². The van der Waals surface area contributed by atoms with Crippen LogP contribution in [0.15, 0.2) is 0 Å². The molecule has 0 rings (SSSR count). The molecule has 0 aromatic rings. The maximum Gasteiger partial charge on any atom is 0.306 e. The van der Waals surface area contributed by atoms with Crippen LogP contribution in [0.2, 0.25) is 0 Å². The molecule has 0 amide bonds. The fraction of sp³-hybridized carbons (Fsp3) is 0.895. The number of rotatable bonds is 16. The quantitative estimate of drug-likeness (QED) is 0.307. The molecule has 0 saturated heterocycles. The molecule has 1 N–H and O–H groups in total. The van der Waals surface area contributed by atoms with Crippen molar-refractivity contribution in [1.29, 1.82) is 0 Å². The summed E-state index contributed by atoms with van der Waals surface area (Å²) in [5.41, 5.74) is 0. The lowest BCUT2D eigenvalue weighted by Crippen LogP contribution is -2.13. The number of hydrogen-bond donors (Lipinski definition) is 1. The Kier molecular flexibility index (Phi) is 15.1. The first-order valence-corrected chi connectivity index (χ1v) is 9.46. The summed E-state index contributed by atoms with van der Waals surface area (Å²) in [7, 11) is 0. The van der Waals surface area contributed by atoms with Crippen LogP contribution < -0.4 is 0 Å². The normalized spacial score (nSPS) is 12.1. The van der Waals surface area contributed by atoms with Gasteiger partial charge in [-0.05, 0) is 12.8 Å². The number of carbonyl (C=O) groups excluding carboxylic acids is 1. The second-order valence-electron chi connectivity index (χ2n) is 6.53. The average Bonchev–Trinajstić information content (AvgIpc) is 2.53. The highest BCUT2D eigenvalue weighted by Gasteiger charge is 2.13. The fourth-order valence-electron chi connectivity index (χ4n) is 2.48. The average molecular weight is 328 g/mol. The van der Waals surface area contributed by atoms with Crippen molar-refractivity contribution >= 4 is 11.9 Å². The van der Waals surface area contributed by atoms with Gasteiger partial charge in [0.25, 0.3) is 0 Å². The van der Waals surface area contributed by atoms with E-state index in [-0.39, 0.29) is 12.4 Å². The smallest absolute Gasteiger partial charge is 0.306 e. The molecule has 0 radical (unpaired) electrons. The minimum atomic E-state index is -0.858. The first kappa shape index (κ1) is 21.9. The van der Waals surface area contributed by atoms with Gasteiger partial charge < -0.3 is 9.84 Å². The van der Waals surface area contributed by atoms with E-state index in [0.717, 1.165) is 12.8 Å². The molecule has 136 valence electrons. The Hall–Kier alpha value is -1.06. The van der Waals surface area contributed by atoms with E-state index in [1.165, 1.54) is 57.8 Å². The molecule has 0 spiro atoms. The SMILES string of the molecule is CCCCCCCCCCCCCOC(=O)CCC(C)C(=O)O. The third-order valence-corrected chi connectivity index (χ3v) is 4.21. The van der Waals surface area contributed by atoms with Crippen LogP contribution in [0.4, 0.5) is 0 Å². The molecule has 23 heavy (non-hydrogen) atoms. The number of ether oxygens (including phenoxy) is 1. The molecule has 0 aliphatic heterocycles. The number of carbonyl (C=O) groups is 2. The molecule has 1 unspecified atom stereocenters. The molecule has 0 bridgehead atoms. The Bertz CT molecular complexity index is 302. The zero-order valence-electron chi connectivity index (χ0n) is 15.1. The van der Waals surface area contributed by atoms with Gasteiger partial charge in [0.1, 0.15) is 0 Å². The van der Waals surface area contributed by atoms with Gasteiger partial charge in [-0.3, -0.25) is 9.59 Å². The third kappa shape index (κ3) is 15.6. The summed E-state index contributed by atoms with van der Waals surface area (Å²) < 4.78 is 5.12. The van der Waals surface area contributed by atoms with E-state index < -0.39 is 11.9 Å². The molecule has 1 atom stereocenters. The van der Waals surface area contributed by atoms with Gasteiger partial charge in [-0.2, -0.15) is 0 Å². The van der Waals surface area contributed by atoms with Crippen LogP contribution in [0.5, 0.6) is 0 Å². The molecule has 0 aliphatic rings. The van der Waals surface area contributed by atoms with E-state index in [2.05, 4.69) is 6.92 Å². The van der Waals surface area contributed by atoms with Crippen molar-refractivity contribution in [1.82, 2.24) is 0 Å². The van der Waals surface area contributed by atoms with Crippen LogP contribution in [-0.4, -0.2) is 23.7 Å². The second kappa shape index (κ2) is 15.8. The zero-order valence-corrected chi connectivity index (χ0v) is 15.1. The Morgan fingerprint density at radius 1 is 0.870 bits per heavy atom. The van der Waals surface area contributed by atoms with E-state index in [1.807, 2.05) is 0 Å². The first-order chi connectivity index (χ1) is 11.1. The van der Waals surface area contributed by atoms with Crippen molar-refractivity contribution in [2.75, 3.05) is 6.61 Å². The standard InChI is InChI=1S/C19H36O4/c1-3-4-5-6-7-8-9-10-11-12-13-16-23-18(20)15-14-17(2)19(21)22/h17H,3-16H2,1-2H3,(H,21,22). The predicted octanol–water partition coefficient (Wildman–Crippen LogP) is 5.34. The first-order valence-electron chi connectivity index (χ1n) is 9.46. The van der Waals surface area contributed by atoms with Gasteiger partial charge in [0, 0.05) is 6.42 Å². The Morgan fingerprint density at radius 3 is 1.83 bits per heavy atom. The lowest BCUT2D eigenvalue weighted by Gasteiger charge is -2.07. The molecule has 0 heterocycles. The van der Waals surface area contributed by atoms with Crippen molar-refractivity contribution < 1.29 is 19.4 Å². The van der Waals surface area contributed by atoms with Crippen LogP contribution in [0, 0.1) is 5.92 Å². The molecule has 4 nitrogen and oxygen atoms in total. The van der Waals surface area contributed by atoms with Crippen LogP contribution >= 0.6 is 0 Å². The predicted molar refractivity (Wildman–Crippen MR) is 93.5 cm³/mol. The highest BCUT2D eigenvalue weighted by molar-refractivity contribution is 5.72.